The van der Waals surface area contributed by atoms with E-state index in [1.165, 1.54) is 19.3 Å². The summed E-state index contributed by atoms with van der Waals surface area (Å²) in [5.41, 5.74) is 13.5. The zero-order valence-electron chi connectivity index (χ0n) is 15.0. The Kier molecular flexibility index (Phi) is 6.12. The number of rotatable bonds is 8. The molecule has 5 heteroatoms. The molecule has 26 heavy (non-hydrogen) atoms. The van der Waals surface area contributed by atoms with Crippen molar-refractivity contribution in [3.63, 3.8) is 0 Å². The Balaban J connectivity index is 1.52. The topological polar surface area (TPSA) is 90.4 Å². The first kappa shape index (κ1) is 18.3. The fraction of sp³-hybridized carbons (Fsp3) is 0.381. The third-order valence-corrected chi connectivity index (χ3v) is 4.88. The summed E-state index contributed by atoms with van der Waals surface area (Å²) >= 11 is 0. The lowest BCUT2D eigenvalue weighted by Gasteiger charge is -2.10. The second-order valence-electron chi connectivity index (χ2n) is 6.90. The summed E-state index contributed by atoms with van der Waals surface area (Å²) in [5, 5.41) is 3.40. The molecule has 0 bridgehead atoms. The summed E-state index contributed by atoms with van der Waals surface area (Å²) in [6, 6.07) is 12.3. The standard InChI is InChI=1S/C21H27N3O2/c22-19-8-7-17(13-20(19)23)21(25)16-5-3-6-18(12-16)26-11-2-1-4-15-9-10-24-14-15/h3,5-8,12-13,15,24H,1-2,4,9-11,14,22-23H2. The highest BCUT2D eigenvalue weighted by Crippen LogP contribution is 2.21. The number of nitrogens with two attached hydrogens (primary N) is 2. The first-order valence-electron chi connectivity index (χ1n) is 9.27. The van der Waals surface area contributed by atoms with Crippen molar-refractivity contribution in [2.24, 2.45) is 5.92 Å². The van der Waals surface area contributed by atoms with E-state index in [1.807, 2.05) is 12.1 Å². The lowest BCUT2D eigenvalue weighted by Crippen LogP contribution is -2.09. The lowest BCUT2D eigenvalue weighted by atomic mass is 10.0. The van der Waals surface area contributed by atoms with Gasteiger partial charge in [0.25, 0.3) is 0 Å². The lowest BCUT2D eigenvalue weighted by molar-refractivity contribution is 0.103. The number of anilines is 2. The van der Waals surface area contributed by atoms with E-state index in [9.17, 15) is 4.79 Å². The van der Waals surface area contributed by atoms with Gasteiger partial charge < -0.3 is 21.5 Å². The van der Waals surface area contributed by atoms with E-state index in [0.29, 0.717) is 29.1 Å². The molecule has 0 radical (unpaired) electrons. The molecule has 1 heterocycles. The first-order chi connectivity index (χ1) is 12.6. The van der Waals surface area contributed by atoms with Gasteiger partial charge in [0.05, 0.1) is 18.0 Å². The van der Waals surface area contributed by atoms with Crippen molar-refractivity contribution in [3.05, 3.63) is 53.6 Å². The van der Waals surface area contributed by atoms with E-state index in [1.54, 1.807) is 30.3 Å². The Bertz CT molecular complexity index is 755. The van der Waals surface area contributed by atoms with Gasteiger partial charge in [-0.05, 0) is 75.0 Å². The molecule has 0 amide bonds. The minimum Gasteiger partial charge on any atom is -0.494 e. The molecule has 5 nitrogen and oxygen atoms in total. The molecule has 2 aromatic carbocycles. The largest absolute Gasteiger partial charge is 0.494 e. The molecule has 5 N–H and O–H groups in total. The number of ketones is 1. The van der Waals surface area contributed by atoms with Crippen molar-refractivity contribution in [2.75, 3.05) is 31.2 Å². The average molecular weight is 353 g/mol. The van der Waals surface area contributed by atoms with Crippen LogP contribution >= 0.6 is 0 Å². The Morgan fingerprint density at radius 1 is 1.08 bits per heavy atom. The molecule has 0 spiro atoms. The number of nitrogen functional groups attached to an aromatic ring is 2. The van der Waals surface area contributed by atoms with Crippen LogP contribution in [0.15, 0.2) is 42.5 Å². The van der Waals surface area contributed by atoms with E-state index in [4.69, 9.17) is 16.2 Å². The van der Waals surface area contributed by atoms with Gasteiger partial charge in [0.2, 0.25) is 0 Å². The van der Waals surface area contributed by atoms with E-state index in [-0.39, 0.29) is 5.78 Å². The molecule has 2 aromatic rings. The normalized spacial score (nSPS) is 16.5. The number of carbonyl (C=O) groups excluding carboxylic acids is 1. The van der Waals surface area contributed by atoms with Gasteiger partial charge in [0, 0.05) is 11.1 Å². The molecular formula is C21H27N3O2. The number of hydrogen-bond donors (Lipinski definition) is 3. The van der Waals surface area contributed by atoms with Crippen LogP contribution in [-0.4, -0.2) is 25.5 Å². The fourth-order valence-corrected chi connectivity index (χ4v) is 3.30. The van der Waals surface area contributed by atoms with E-state index < -0.39 is 0 Å². The molecule has 1 fully saturated rings. The predicted molar refractivity (Wildman–Crippen MR) is 105 cm³/mol. The van der Waals surface area contributed by atoms with Crippen LogP contribution in [0, 0.1) is 5.92 Å². The highest BCUT2D eigenvalue weighted by atomic mass is 16.5. The summed E-state index contributed by atoms with van der Waals surface area (Å²) in [6.45, 7) is 2.98. The minimum absolute atomic E-state index is 0.0871. The smallest absolute Gasteiger partial charge is 0.193 e. The van der Waals surface area contributed by atoms with Crippen LogP contribution in [0.4, 0.5) is 11.4 Å². The van der Waals surface area contributed by atoms with E-state index >= 15 is 0 Å². The maximum Gasteiger partial charge on any atom is 0.193 e. The maximum absolute atomic E-state index is 12.6. The van der Waals surface area contributed by atoms with Gasteiger partial charge in [-0.15, -0.1) is 0 Å². The van der Waals surface area contributed by atoms with Crippen molar-refractivity contribution in [2.45, 2.75) is 25.7 Å². The predicted octanol–water partition coefficient (Wildman–Crippen LogP) is 3.24. The van der Waals surface area contributed by atoms with Gasteiger partial charge in [-0.3, -0.25) is 4.79 Å². The molecule has 138 valence electrons. The maximum atomic E-state index is 12.6. The van der Waals surface area contributed by atoms with Crippen LogP contribution < -0.4 is 21.5 Å². The zero-order chi connectivity index (χ0) is 18.4. The average Bonchev–Trinajstić information content (AvgIpc) is 3.17. The van der Waals surface area contributed by atoms with Gasteiger partial charge in [-0.1, -0.05) is 12.1 Å². The van der Waals surface area contributed by atoms with Crippen molar-refractivity contribution in [3.8, 4) is 5.75 Å². The van der Waals surface area contributed by atoms with E-state index in [0.717, 1.165) is 31.2 Å². The molecule has 1 unspecified atom stereocenters. The summed E-state index contributed by atoms with van der Waals surface area (Å²) < 4.78 is 5.83. The third-order valence-electron chi connectivity index (χ3n) is 4.88. The molecular weight excluding hydrogens is 326 g/mol. The molecule has 1 aliphatic rings. The summed E-state index contributed by atoms with van der Waals surface area (Å²) in [6.07, 6.45) is 4.76. The van der Waals surface area contributed by atoms with Crippen LogP contribution in [0.1, 0.15) is 41.6 Å². The molecule has 3 rings (SSSR count). The highest BCUT2D eigenvalue weighted by molar-refractivity contribution is 6.10. The number of nitrogens with one attached hydrogen (secondary N) is 1. The third kappa shape index (κ3) is 4.76. The Morgan fingerprint density at radius 3 is 2.69 bits per heavy atom. The monoisotopic (exact) mass is 353 g/mol. The van der Waals surface area contributed by atoms with Crippen LogP contribution in [-0.2, 0) is 0 Å². The van der Waals surface area contributed by atoms with Crippen molar-refractivity contribution < 1.29 is 9.53 Å². The number of carbonyl (C=O) groups is 1. The fourth-order valence-electron chi connectivity index (χ4n) is 3.30. The number of ether oxygens (including phenoxy) is 1. The second kappa shape index (κ2) is 8.72. The van der Waals surface area contributed by atoms with Gasteiger partial charge in [-0.25, -0.2) is 0 Å². The summed E-state index contributed by atoms with van der Waals surface area (Å²) in [7, 11) is 0. The second-order valence-corrected chi connectivity index (χ2v) is 6.90. The van der Waals surface area contributed by atoms with Crippen LogP contribution in [0.25, 0.3) is 0 Å². The Morgan fingerprint density at radius 2 is 1.92 bits per heavy atom. The minimum atomic E-state index is -0.0871. The summed E-state index contributed by atoms with van der Waals surface area (Å²) in [5.74, 6) is 1.46. The molecule has 0 aliphatic carbocycles. The van der Waals surface area contributed by atoms with Crippen LogP contribution in [0.5, 0.6) is 5.75 Å². The van der Waals surface area contributed by atoms with Crippen molar-refractivity contribution in [1.29, 1.82) is 0 Å². The van der Waals surface area contributed by atoms with Crippen LogP contribution in [0.2, 0.25) is 0 Å². The quantitative estimate of drug-likeness (QED) is 0.385. The highest BCUT2D eigenvalue weighted by Gasteiger charge is 2.14. The van der Waals surface area contributed by atoms with Gasteiger partial charge in [0.1, 0.15) is 5.75 Å². The van der Waals surface area contributed by atoms with E-state index in [2.05, 4.69) is 5.32 Å². The van der Waals surface area contributed by atoms with Crippen molar-refractivity contribution >= 4 is 17.2 Å². The molecule has 1 atom stereocenters. The van der Waals surface area contributed by atoms with Gasteiger partial charge >= 0.3 is 0 Å². The molecule has 0 saturated carbocycles. The van der Waals surface area contributed by atoms with Gasteiger partial charge in [-0.2, -0.15) is 0 Å². The summed E-state index contributed by atoms with van der Waals surface area (Å²) in [4.78, 5) is 12.6. The first-order valence-corrected chi connectivity index (χ1v) is 9.27. The zero-order valence-corrected chi connectivity index (χ0v) is 15.0. The Labute approximate surface area is 154 Å². The molecule has 1 aliphatic heterocycles. The number of hydrogen-bond acceptors (Lipinski definition) is 5. The number of benzene rings is 2. The van der Waals surface area contributed by atoms with Crippen LogP contribution in [0.3, 0.4) is 0 Å². The SMILES string of the molecule is Nc1ccc(C(=O)c2cccc(OCCCCC3CCNC3)c2)cc1N. The number of unbranched alkanes of at least 4 members (excludes halogenated alkanes) is 1. The van der Waals surface area contributed by atoms with Gasteiger partial charge in [0.15, 0.2) is 5.78 Å². The molecule has 1 saturated heterocycles. The molecule has 0 aromatic heterocycles. The Hall–Kier alpha value is -2.53. The van der Waals surface area contributed by atoms with Crippen molar-refractivity contribution in [1.82, 2.24) is 5.32 Å².